The van der Waals surface area contributed by atoms with Crippen molar-refractivity contribution in [2.75, 3.05) is 26.7 Å². The van der Waals surface area contributed by atoms with Gasteiger partial charge in [0.05, 0.1) is 0 Å². The second-order valence-electron chi connectivity index (χ2n) is 6.57. The predicted octanol–water partition coefficient (Wildman–Crippen LogP) is 3.60. The van der Waals surface area contributed by atoms with Crippen LogP contribution in [0.1, 0.15) is 32.3 Å². The van der Waals surface area contributed by atoms with Gasteiger partial charge in [-0.3, -0.25) is 0 Å². The first kappa shape index (κ1) is 16.6. The fourth-order valence-corrected chi connectivity index (χ4v) is 3.41. The van der Waals surface area contributed by atoms with Gasteiger partial charge in [-0.15, -0.1) is 0 Å². The van der Waals surface area contributed by atoms with Crippen molar-refractivity contribution >= 4 is 11.6 Å². The van der Waals surface area contributed by atoms with Crippen LogP contribution in [0.25, 0.3) is 0 Å². The molecule has 1 atom stereocenters. The Labute approximate surface area is 133 Å². The van der Waals surface area contributed by atoms with E-state index in [0.717, 1.165) is 24.6 Å². The van der Waals surface area contributed by atoms with E-state index in [0.29, 0.717) is 11.1 Å². The van der Waals surface area contributed by atoms with Crippen LogP contribution >= 0.6 is 11.6 Å². The van der Waals surface area contributed by atoms with E-state index in [2.05, 4.69) is 30.7 Å². The highest BCUT2D eigenvalue weighted by Gasteiger charge is 2.22. The van der Waals surface area contributed by atoms with Crippen molar-refractivity contribution in [2.24, 2.45) is 5.92 Å². The van der Waals surface area contributed by atoms with E-state index < -0.39 is 0 Å². The lowest BCUT2D eigenvalue weighted by Gasteiger charge is -2.37. The van der Waals surface area contributed by atoms with E-state index in [4.69, 9.17) is 11.6 Å². The summed E-state index contributed by atoms with van der Waals surface area (Å²) in [4.78, 5) is 4.92. The molecule has 0 saturated carbocycles. The summed E-state index contributed by atoms with van der Waals surface area (Å²) in [6.07, 6.45) is 2.62. The van der Waals surface area contributed by atoms with E-state index in [9.17, 15) is 5.11 Å². The number of benzene rings is 1. The van der Waals surface area contributed by atoms with Crippen LogP contribution in [-0.2, 0) is 6.54 Å². The minimum atomic E-state index is 0.228. The summed E-state index contributed by atoms with van der Waals surface area (Å²) < 4.78 is 0. The Morgan fingerprint density at radius 3 is 2.86 bits per heavy atom. The van der Waals surface area contributed by atoms with Crippen molar-refractivity contribution in [3.63, 3.8) is 0 Å². The third-order valence-electron chi connectivity index (χ3n) is 4.33. The Hall–Kier alpha value is -0.770. The van der Waals surface area contributed by atoms with E-state index in [-0.39, 0.29) is 5.75 Å². The maximum atomic E-state index is 9.41. The maximum Gasteiger partial charge on any atom is 0.117 e. The van der Waals surface area contributed by atoms with Gasteiger partial charge >= 0.3 is 0 Å². The van der Waals surface area contributed by atoms with Gasteiger partial charge in [-0.1, -0.05) is 17.7 Å². The number of rotatable bonds is 5. The Kier molecular flexibility index (Phi) is 5.91. The summed E-state index contributed by atoms with van der Waals surface area (Å²) >= 11 is 6.19. The normalized spacial score (nSPS) is 20.4. The van der Waals surface area contributed by atoms with Crippen LogP contribution in [0, 0.1) is 5.92 Å². The first-order valence-corrected chi connectivity index (χ1v) is 8.23. The molecule has 0 aliphatic carbocycles. The third kappa shape index (κ3) is 4.87. The van der Waals surface area contributed by atoms with Crippen molar-refractivity contribution in [1.82, 2.24) is 9.80 Å². The van der Waals surface area contributed by atoms with E-state index in [1.165, 1.54) is 25.9 Å². The molecule has 0 radical (unpaired) electrons. The topological polar surface area (TPSA) is 26.7 Å². The molecular formula is C17H27ClN2O. The standard InChI is InChI=1S/C17H27ClN2O/c1-13(2)20-8-4-5-14(11-20)10-19(3)12-15-6-7-16(21)9-17(15)18/h6-7,9,13-14,21H,4-5,8,10-12H2,1-3H3/t14-/m0/s1. The minimum Gasteiger partial charge on any atom is -0.508 e. The molecular weight excluding hydrogens is 284 g/mol. The van der Waals surface area contributed by atoms with Crippen LogP contribution in [-0.4, -0.2) is 47.6 Å². The molecule has 1 saturated heterocycles. The Morgan fingerprint density at radius 1 is 1.43 bits per heavy atom. The van der Waals surface area contributed by atoms with E-state index >= 15 is 0 Å². The number of hydrogen-bond acceptors (Lipinski definition) is 3. The number of phenols is 1. The minimum absolute atomic E-state index is 0.228. The van der Waals surface area contributed by atoms with Crippen molar-refractivity contribution in [1.29, 1.82) is 0 Å². The number of piperidine rings is 1. The Morgan fingerprint density at radius 2 is 2.19 bits per heavy atom. The van der Waals surface area contributed by atoms with Gasteiger partial charge in [-0.05, 0) is 63.9 Å². The molecule has 1 aliphatic rings. The van der Waals surface area contributed by atoms with Gasteiger partial charge in [0.1, 0.15) is 5.75 Å². The lowest BCUT2D eigenvalue weighted by atomic mass is 9.96. The molecule has 1 aliphatic heterocycles. The second kappa shape index (κ2) is 7.48. The van der Waals surface area contributed by atoms with Crippen molar-refractivity contribution in [2.45, 2.75) is 39.3 Å². The fourth-order valence-electron chi connectivity index (χ4n) is 3.18. The zero-order valence-corrected chi connectivity index (χ0v) is 14.1. The summed E-state index contributed by atoms with van der Waals surface area (Å²) in [5, 5.41) is 10.1. The molecule has 0 spiro atoms. The van der Waals surface area contributed by atoms with Crippen molar-refractivity contribution in [3.05, 3.63) is 28.8 Å². The summed E-state index contributed by atoms with van der Waals surface area (Å²) in [5.41, 5.74) is 1.08. The number of halogens is 1. The largest absolute Gasteiger partial charge is 0.508 e. The molecule has 1 fully saturated rings. The quantitative estimate of drug-likeness (QED) is 0.900. The monoisotopic (exact) mass is 310 g/mol. The fraction of sp³-hybridized carbons (Fsp3) is 0.647. The zero-order chi connectivity index (χ0) is 15.4. The highest BCUT2D eigenvalue weighted by Crippen LogP contribution is 2.24. The molecule has 1 aromatic rings. The van der Waals surface area contributed by atoms with Gasteiger partial charge in [0.15, 0.2) is 0 Å². The van der Waals surface area contributed by atoms with Crippen LogP contribution in [0.2, 0.25) is 5.02 Å². The van der Waals surface area contributed by atoms with Crippen LogP contribution in [0.4, 0.5) is 0 Å². The predicted molar refractivity (Wildman–Crippen MR) is 88.9 cm³/mol. The van der Waals surface area contributed by atoms with Gasteiger partial charge in [0.2, 0.25) is 0 Å². The highest BCUT2D eigenvalue weighted by atomic mass is 35.5. The summed E-state index contributed by atoms with van der Waals surface area (Å²) in [7, 11) is 2.15. The van der Waals surface area contributed by atoms with Crippen molar-refractivity contribution in [3.8, 4) is 5.75 Å². The first-order chi connectivity index (χ1) is 9.95. The Bertz CT molecular complexity index is 464. The molecule has 0 amide bonds. The average Bonchev–Trinajstić information content (AvgIpc) is 2.42. The molecule has 1 aromatic carbocycles. The molecule has 3 nitrogen and oxygen atoms in total. The highest BCUT2D eigenvalue weighted by molar-refractivity contribution is 6.31. The summed E-state index contributed by atoms with van der Waals surface area (Å²) in [6, 6.07) is 5.88. The zero-order valence-electron chi connectivity index (χ0n) is 13.3. The molecule has 118 valence electrons. The van der Waals surface area contributed by atoms with Crippen LogP contribution in [0.3, 0.4) is 0 Å². The SMILES string of the molecule is CC(C)N1CCC[C@@H](CN(C)Cc2ccc(O)cc2Cl)C1. The number of nitrogens with zero attached hydrogens (tertiary/aromatic N) is 2. The lowest BCUT2D eigenvalue weighted by molar-refractivity contribution is 0.116. The molecule has 4 heteroatoms. The summed E-state index contributed by atoms with van der Waals surface area (Å²) in [5.74, 6) is 0.966. The number of aromatic hydroxyl groups is 1. The number of phenolic OH excluding ortho intramolecular Hbond substituents is 1. The molecule has 0 aromatic heterocycles. The van der Waals surface area contributed by atoms with Crippen LogP contribution in [0.5, 0.6) is 5.75 Å². The maximum absolute atomic E-state index is 9.41. The lowest BCUT2D eigenvalue weighted by Crippen LogP contribution is -2.43. The first-order valence-electron chi connectivity index (χ1n) is 7.85. The number of hydrogen-bond donors (Lipinski definition) is 1. The van der Waals surface area contributed by atoms with Gasteiger partial charge in [-0.2, -0.15) is 0 Å². The molecule has 21 heavy (non-hydrogen) atoms. The van der Waals surface area contributed by atoms with Gasteiger partial charge < -0.3 is 14.9 Å². The molecule has 1 N–H and O–H groups in total. The van der Waals surface area contributed by atoms with Crippen molar-refractivity contribution < 1.29 is 5.11 Å². The third-order valence-corrected chi connectivity index (χ3v) is 4.68. The second-order valence-corrected chi connectivity index (χ2v) is 6.98. The van der Waals surface area contributed by atoms with Gasteiger partial charge in [0.25, 0.3) is 0 Å². The van der Waals surface area contributed by atoms with Gasteiger partial charge in [-0.25, -0.2) is 0 Å². The van der Waals surface area contributed by atoms with E-state index in [1.54, 1.807) is 12.1 Å². The summed E-state index contributed by atoms with van der Waals surface area (Å²) in [6.45, 7) is 8.93. The average molecular weight is 311 g/mol. The smallest absolute Gasteiger partial charge is 0.117 e. The Balaban J connectivity index is 1.87. The molecule has 1 heterocycles. The van der Waals surface area contributed by atoms with Crippen LogP contribution in [0.15, 0.2) is 18.2 Å². The number of likely N-dealkylation sites (tertiary alicyclic amines) is 1. The van der Waals surface area contributed by atoms with E-state index in [1.807, 2.05) is 6.07 Å². The molecule has 0 unspecified atom stereocenters. The molecule has 2 rings (SSSR count). The molecule has 0 bridgehead atoms. The van der Waals surface area contributed by atoms with Gasteiger partial charge in [0, 0.05) is 30.7 Å². The van der Waals surface area contributed by atoms with Crippen LogP contribution < -0.4 is 0 Å².